The molecule has 1 fully saturated rings. The second kappa shape index (κ2) is 7.24. The molecule has 3 heterocycles. The van der Waals surface area contributed by atoms with Gasteiger partial charge in [-0.2, -0.15) is 0 Å². The van der Waals surface area contributed by atoms with Gasteiger partial charge in [-0.25, -0.2) is 4.98 Å². The Balaban J connectivity index is 1.83. The van der Waals surface area contributed by atoms with E-state index in [-0.39, 0.29) is 16.9 Å². The van der Waals surface area contributed by atoms with Crippen LogP contribution in [0.4, 0.5) is 0 Å². The SMILES string of the molecule is Cc1ccc(-c2cc(C(C)(C)C)c3oc(C(=O)N4CCNCC4(C)C)cc3n2)cc1. The van der Waals surface area contributed by atoms with Crippen molar-refractivity contribution >= 4 is 17.0 Å². The number of nitrogens with one attached hydrogen (secondary N) is 1. The van der Waals surface area contributed by atoms with Crippen molar-refractivity contribution in [3.63, 3.8) is 0 Å². The Kier molecular flexibility index (Phi) is 4.97. The van der Waals surface area contributed by atoms with E-state index in [0.717, 1.165) is 35.4 Å². The molecular formula is C25H31N3O2. The number of pyridine rings is 1. The summed E-state index contributed by atoms with van der Waals surface area (Å²) in [6.07, 6.45) is 0. The number of piperazine rings is 1. The molecule has 0 unspecified atom stereocenters. The van der Waals surface area contributed by atoms with Crippen LogP contribution in [0.15, 0.2) is 40.8 Å². The maximum Gasteiger partial charge on any atom is 0.290 e. The van der Waals surface area contributed by atoms with Crippen LogP contribution in [0.2, 0.25) is 0 Å². The summed E-state index contributed by atoms with van der Waals surface area (Å²) in [6.45, 7) is 14.9. The molecule has 0 radical (unpaired) electrons. The van der Waals surface area contributed by atoms with E-state index < -0.39 is 0 Å². The third-order valence-corrected chi connectivity index (χ3v) is 5.89. The highest BCUT2D eigenvalue weighted by Gasteiger charge is 2.35. The lowest BCUT2D eigenvalue weighted by Crippen LogP contribution is -2.59. The van der Waals surface area contributed by atoms with E-state index in [2.05, 4.69) is 77.2 Å². The predicted molar refractivity (Wildman–Crippen MR) is 121 cm³/mol. The van der Waals surface area contributed by atoms with Crippen LogP contribution in [0.1, 0.15) is 56.3 Å². The molecule has 1 saturated heterocycles. The third-order valence-electron chi connectivity index (χ3n) is 5.89. The highest BCUT2D eigenvalue weighted by atomic mass is 16.3. The first-order valence-corrected chi connectivity index (χ1v) is 10.6. The number of nitrogens with zero attached hydrogens (tertiary/aromatic N) is 2. The monoisotopic (exact) mass is 405 g/mol. The minimum Gasteiger partial charge on any atom is -0.449 e. The summed E-state index contributed by atoms with van der Waals surface area (Å²) in [5, 5.41) is 3.36. The number of hydrogen-bond acceptors (Lipinski definition) is 4. The Morgan fingerprint density at radius 3 is 2.50 bits per heavy atom. The zero-order valence-corrected chi connectivity index (χ0v) is 18.8. The van der Waals surface area contributed by atoms with Crippen molar-refractivity contribution in [2.45, 2.75) is 52.5 Å². The molecule has 4 rings (SSSR count). The fraction of sp³-hybridized carbons (Fsp3) is 0.440. The van der Waals surface area contributed by atoms with Crippen LogP contribution in [0.25, 0.3) is 22.4 Å². The van der Waals surface area contributed by atoms with Gasteiger partial charge in [0.1, 0.15) is 5.52 Å². The molecule has 0 saturated carbocycles. The molecule has 158 valence electrons. The zero-order valence-electron chi connectivity index (χ0n) is 18.8. The normalized spacial score (nSPS) is 16.8. The van der Waals surface area contributed by atoms with Crippen molar-refractivity contribution in [1.82, 2.24) is 15.2 Å². The first-order chi connectivity index (χ1) is 14.1. The van der Waals surface area contributed by atoms with E-state index in [4.69, 9.17) is 9.40 Å². The lowest BCUT2D eigenvalue weighted by molar-refractivity contribution is 0.0448. The van der Waals surface area contributed by atoms with Gasteiger partial charge >= 0.3 is 0 Å². The Hall–Kier alpha value is -2.66. The van der Waals surface area contributed by atoms with Crippen LogP contribution in [0.5, 0.6) is 0 Å². The third kappa shape index (κ3) is 3.74. The molecule has 1 amide bonds. The van der Waals surface area contributed by atoms with Crippen molar-refractivity contribution in [2.24, 2.45) is 0 Å². The van der Waals surface area contributed by atoms with Crippen molar-refractivity contribution in [1.29, 1.82) is 0 Å². The summed E-state index contributed by atoms with van der Waals surface area (Å²) in [6, 6.07) is 12.3. The molecule has 2 aromatic heterocycles. The van der Waals surface area contributed by atoms with E-state index in [1.54, 1.807) is 0 Å². The number of furan rings is 1. The zero-order chi connectivity index (χ0) is 21.7. The van der Waals surface area contributed by atoms with Crippen LogP contribution >= 0.6 is 0 Å². The van der Waals surface area contributed by atoms with E-state index in [9.17, 15) is 4.79 Å². The van der Waals surface area contributed by atoms with Crippen LogP contribution in [-0.2, 0) is 5.41 Å². The molecule has 5 heteroatoms. The van der Waals surface area contributed by atoms with E-state index in [1.807, 2.05) is 11.0 Å². The molecule has 0 bridgehead atoms. The standard InChI is InChI=1S/C25H31N3O2/c1-16-7-9-17(10-8-16)19-13-18(24(2,3)4)22-20(27-19)14-21(30-22)23(29)28-12-11-26-15-25(28,5)6/h7-10,13-14,26H,11-12,15H2,1-6H3. The Morgan fingerprint density at radius 2 is 1.87 bits per heavy atom. The van der Waals surface area contributed by atoms with Crippen molar-refractivity contribution in [3.05, 3.63) is 53.3 Å². The minimum absolute atomic E-state index is 0.0729. The van der Waals surface area contributed by atoms with Gasteiger partial charge in [0.2, 0.25) is 0 Å². The number of carbonyl (C=O) groups excluding carboxylic acids is 1. The highest BCUT2D eigenvalue weighted by molar-refractivity contribution is 5.97. The molecule has 1 N–H and O–H groups in total. The number of aromatic nitrogens is 1. The lowest BCUT2D eigenvalue weighted by atomic mass is 9.86. The number of benzene rings is 1. The molecule has 5 nitrogen and oxygen atoms in total. The van der Waals surface area contributed by atoms with Crippen LogP contribution in [-0.4, -0.2) is 41.0 Å². The quantitative estimate of drug-likeness (QED) is 0.657. The summed E-state index contributed by atoms with van der Waals surface area (Å²) < 4.78 is 6.17. The number of fused-ring (bicyclic) bond motifs is 1. The largest absolute Gasteiger partial charge is 0.449 e. The number of aryl methyl sites for hydroxylation is 1. The fourth-order valence-electron chi connectivity index (χ4n) is 4.05. The second-order valence-corrected chi connectivity index (χ2v) is 9.94. The molecule has 3 aromatic rings. The highest BCUT2D eigenvalue weighted by Crippen LogP contribution is 2.35. The summed E-state index contributed by atoms with van der Waals surface area (Å²) in [4.78, 5) is 20.1. The van der Waals surface area contributed by atoms with Gasteiger partial charge in [0, 0.05) is 36.8 Å². The first-order valence-electron chi connectivity index (χ1n) is 10.6. The van der Waals surface area contributed by atoms with Gasteiger partial charge in [0.25, 0.3) is 5.91 Å². The Morgan fingerprint density at radius 1 is 1.17 bits per heavy atom. The van der Waals surface area contributed by atoms with Crippen LogP contribution in [0, 0.1) is 6.92 Å². The van der Waals surface area contributed by atoms with E-state index >= 15 is 0 Å². The van der Waals surface area contributed by atoms with Crippen molar-refractivity contribution in [2.75, 3.05) is 19.6 Å². The Bertz CT molecular complexity index is 1090. The summed E-state index contributed by atoms with van der Waals surface area (Å²) >= 11 is 0. The van der Waals surface area contributed by atoms with E-state index in [0.29, 0.717) is 17.9 Å². The number of hydrogen-bond donors (Lipinski definition) is 1. The molecule has 1 aliphatic heterocycles. The molecule has 1 aromatic carbocycles. The first kappa shape index (κ1) is 20.6. The Labute approximate surface area is 178 Å². The van der Waals surface area contributed by atoms with Crippen LogP contribution < -0.4 is 5.32 Å². The molecule has 0 spiro atoms. The maximum absolute atomic E-state index is 13.3. The molecular weight excluding hydrogens is 374 g/mol. The van der Waals surface area contributed by atoms with Crippen LogP contribution in [0.3, 0.4) is 0 Å². The lowest BCUT2D eigenvalue weighted by Gasteiger charge is -2.42. The average Bonchev–Trinajstić information content (AvgIpc) is 3.10. The van der Waals surface area contributed by atoms with Gasteiger partial charge in [-0.1, -0.05) is 50.6 Å². The van der Waals surface area contributed by atoms with Gasteiger partial charge in [-0.05, 0) is 32.3 Å². The summed E-state index contributed by atoms with van der Waals surface area (Å²) in [7, 11) is 0. The van der Waals surface area contributed by atoms with Gasteiger partial charge in [-0.3, -0.25) is 4.79 Å². The molecule has 0 aliphatic carbocycles. The van der Waals surface area contributed by atoms with Gasteiger partial charge in [-0.15, -0.1) is 0 Å². The summed E-state index contributed by atoms with van der Waals surface area (Å²) in [5.74, 6) is 0.287. The molecule has 30 heavy (non-hydrogen) atoms. The average molecular weight is 406 g/mol. The predicted octanol–water partition coefficient (Wildman–Crippen LogP) is 4.92. The van der Waals surface area contributed by atoms with Crippen molar-refractivity contribution < 1.29 is 9.21 Å². The van der Waals surface area contributed by atoms with E-state index in [1.165, 1.54) is 5.56 Å². The number of carbonyl (C=O) groups is 1. The fourth-order valence-corrected chi connectivity index (χ4v) is 4.05. The second-order valence-electron chi connectivity index (χ2n) is 9.94. The van der Waals surface area contributed by atoms with Crippen molar-refractivity contribution in [3.8, 4) is 11.3 Å². The van der Waals surface area contributed by atoms with Gasteiger partial charge < -0.3 is 14.6 Å². The number of amides is 1. The molecule has 1 aliphatic rings. The molecule has 0 atom stereocenters. The minimum atomic E-state index is -0.262. The van der Waals surface area contributed by atoms with Gasteiger partial charge in [0.05, 0.1) is 11.2 Å². The topological polar surface area (TPSA) is 58.4 Å². The summed E-state index contributed by atoms with van der Waals surface area (Å²) in [5.41, 5.74) is 5.26. The number of rotatable bonds is 2. The smallest absolute Gasteiger partial charge is 0.290 e. The maximum atomic E-state index is 13.3. The van der Waals surface area contributed by atoms with Gasteiger partial charge in [0.15, 0.2) is 11.3 Å².